The lowest BCUT2D eigenvalue weighted by Crippen LogP contribution is -2.36. The molecular weight excluding hydrogens is 436 g/mol. The lowest BCUT2D eigenvalue weighted by molar-refractivity contribution is -0.269. The van der Waals surface area contributed by atoms with Crippen LogP contribution in [0.5, 0.6) is 0 Å². The number of allylic oxidation sites excluding steroid dienone is 1. The highest BCUT2D eigenvalue weighted by Gasteiger charge is 2.61. The monoisotopic (exact) mass is 453 g/mol. The van der Waals surface area contributed by atoms with E-state index >= 15 is 0 Å². The second kappa shape index (κ2) is 7.40. The molecule has 2 aromatic rings. The Morgan fingerprint density at radius 1 is 1.20 bits per heavy atom. The summed E-state index contributed by atoms with van der Waals surface area (Å²) in [6.45, 7) is 1.43. The number of pyridine rings is 1. The van der Waals surface area contributed by atoms with Crippen molar-refractivity contribution in [1.82, 2.24) is 14.5 Å². The molecule has 12 heteroatoms. The van der Waals surface area contributed by atoms with E-state index in [0.29, 0.717) is 0 Å². The van der Waals surface area contributed by atoms with Gasteiger partial charge in [-0.25, -0.2) is 17.8 Å². The van der Waals surface area contributed by atoms with Gasteiger partial charge < -0.3 is 4.57 Å². The molecule has 5 nitrogen and oxygen atoms in total. The predicted octanol–water partition coefficient (Wildman–Crippen LogP) is 4.66. The molecule has 30 heavy (non-hydrogen) atoms. The van der Waals surface area contributed by atoms with Crippen LogP contribution in [0.1, 0.15) is 36.9 Å². The van der Waals surface area contributed by atoms with Gasteiger partial charge in [0.05, 0.1) is 22.5 Å². The third kappa shape index (κ3) is 3.96. The molecule has 2 aromatic heterocycles. The van der Waals surface area contributed by atoms with E-state index in [-0.39, 0.29) is 34.2 Å². The van der Waals surface area contributed by atoms with Gasteiger partial charge in [-0.3, -0.25) is 4.98 Å². The van der Waals surface area contributed by atoms with E-state index in [0.717, 1.165) is 29.2 Å². The average molecular weight is 453 g/mol. The van der Waals surface area contributed by atoms with Crippen molar-refractivity contribution in [2.45, 2.75) is 42.7 Å². The van der Waals surface area contributed by atoms with Crippen molar-refractivity contribution in [2.75, 3.05) is 5.75 Å². The zero-order chi connectivity index (χ0) is 22.5. The van der Waals surface area contributed by atoms with Crippen LogP contribution in [-0.4, -0.2) is 40.8 Å². The summed E-state index contributed by atoms with van der Waals surface area (Å²) in [7, 11) is -2.52. The minimum absolute atomic E-state index is 0.0105. The fraction of sp³-hybridized carbons (Fsp3) is 0.444. The topological polar surface area (TPSA) is 64.8 Å². The quantitative estimate of drug-likeness (QED) is 0.597. The van der Waals surface area contributed by atoms with E-state index < -0.39 is 33.5 Å². The molecule has 1 saturated carbocycles. The number of aromatic nitrogens is 3. The smallest absolute Gasteiger partial charge is 0.326 e. The van der Waals surface area contributed by atoms with Crippen LogP contribution >= 0.6 is 0 Å². The first-order valence-electron chi connectivity index (χ1n) is 8.86. The molecule has 0 spiro atoms. The van der Waals surface area contributed by atoms with Crippen LogP contribution in [0.3, 0.4) is 0 Å². The number of halogens is 6. The van der Waals surface area contributed by atoms with Gasteiger partial charge in [-0.1, -0.05) is 6.92 Å². The summed E-state index contributed by atoms with van der Waals surface area (Å²) < 4.78 is 103. The first-order valence-corrected chi connectivity index (χ1v) is 10.5. The first kappa shape index (κ1) is 22.3. The van der Waals surface area contributed by atoms with Crippen LogP contribution in [0.2, 0.25) is 0 Å². The minimum Gasteiger partial charge on any atom is -0.326 e. The molecule has 0 aliphatic heterocycles. The Morgan fingerprint density at radius 3 is 2.37 bits per heavy atom. The SMILES string of the molecule is CCS(=O)(=O)c1cc(C2CC2)cnc1-c1ncc(/C=C(\F)C(F)(F)C(F)(F)F)n1C. The number of hydrogen-bond donors (Lipinski definition) is 0. The van der Waals surface area contributed by atoms with Crippen molar-refractivity contribution in [1.29, 1.82) is 0 Å². The molecule has 1 fully saturated rings. The second-order valence-corrected chi connectivity index (χ2v) is 9.17. The number of imidazole rings is 1. The summed E-state index contributed by atoms with van der Waals surface area (Å²) in [5.41, 5.74) is 0.224. The molecule has 0 atom stereocenters. The van der Waals surface area contributed by atoms with E-state index in [2.05, 4.69) is 9.97 Å². The van der Waals surface area contributed by atoms with Crippen LogP contribution in [0.15, 0.2) is 29.2 Å². The summed E-state index contributed by atoms with van der Waals surface area (Å²) in [6.07, 6.45) is -1.95. The average Bonchev–Trinajstić information content (AvgIpc) is 3.45. The van der Waals surface area contributed by atoms with Gasteiger partial charge in [0.25, 0.3) is 0 Å². The molecule has 0 aromatic carbocycles. The molecule has 1 aliphatic carbocycles. The van der Waals surface area contributed by atoms with Gasteiger partial charge >= 0.3 is 12.1 Å². The first-order chi connectivity index (χ1) is 13.8. The standard InChI is InChI=1S/C18H17F6N3O2S/c1-3-30(28,29)13-6-11(10-4-5-10)8-25-15(13)16-26-9-12(27(16)2)7-14(19)17(20,21)18(22,23)24/h6-10H,3-5H2,1-2H3/b14-7-. The molecule has 0 saturated heterocycles. The number of sulfone groups is 1. The molecule has 0 bridgehead atoms. The zero-order valence-corrected chi connectivity index (χ0v) is 16.7. The Kier molecular flexibility index (Phi) is 5.50. The van der Waals surface area contributed by atoms with Gasteiger partial charge in [0.15, 0.2) is 21.5 Å². The normalized spacial score (nSPS) is 16.2. The number of alkyl halides is 5. The van der Waals surface area contributed by atoms with Crippen molar-refractivity contribution in [2.24, 2.45) is 7.05 Å². The van der Waals surface area contributed by atoms with Crippen LogP contribution in [-0.2, 0) is 16.9 Å². The van der Waals surface area contributed by atoms with Crippen LogP contribution in [0.4, 0.5) is 26.3 Å². The van der Waals surface area contributed by atoms with Crippen molar-refractivity contribution in [3.63, 3.8) is 0 Å². The largest absolute Gasteiger partial charge is 0.460 e. The zero-order valence-electron chi connectivity index (χ0n) is 15.8. The Bertz CT molecular complexity index is 1100. The third-order valence-corrected chi connectivity index (χ3v) is 6.55. The molecule has 0 radical (unpaired) electrons. The fourth-order valence-corrected chi connectivity index (χ4v) is 3.86. The fourth-order valence-electron chi connectivity index (χ4n) is 2.79. The lowest BCUT2D eigenvalue weighted by atomic mass is 10.2. The summed E-state index contributed by atoms with van der Waals surface area (Å²) >= 11 is 0. The van der Waals surface area contributed by atoms with Crippen molar-refractivity contribution in [3.8, 4) is 11.5 Å². The highest BCUT2D eigenvalue weighted by Crippen LogP contribution is 2.43. The van der Waals surface area contributed by atoms with Gasteiger partial charge in [0, 0.05) is 19.3 Å². The highest BCUT2D eigenvalue weighted by atomic mass is 32.2. The summed E-state index contributed by atoms with van der Waals surface area (Å²) in [5, 5.41) is 0. The summed E-state index contributed by atoms with van der Waals surface area (Å²) in [5.74, 6) is -8.52. The van der Waals surface area contributed by atoms with Crippen LogP contribution in [0.25, 0.3) is 17.6 Å². The maximum absolute atomic E-state index is 13.7. The summed E-state index contributed by atoms with van der Waals surface area (Å²) in [4.78, 5) is 7.92. The van der Waals surface area contributed by atoms with Crippen molar-refractivity contribution < 1.29 is 34.8 Å². The van der Waals surface area contributed by atoms with Crippen LogP contribution < -0.4 is 0 Å². The predicted molar refractivity (Wildman–Crippen MR) is 96.2 cm³/mol. The second-order valence-electron chi connectivity index (χ2n) is 6.92. The van der Waals surface area contributed by atoms with Gasteiger partial charge in [0.2, 0.25) is 0 Å². The maximum Gasteiger partial charge on any atom is 0.460 e. The van der Waals surface area contributed by atoms with Gasteiger partial charge in [-0.15, -0.1) is 0 Å². The number of rotatable bonds is 6. The van der Waals surface area contributed by atoms with Gasteiger partial charge in [0.1, 0.15) is 5.69 Å². The molecular formula is C18H17F6N3O2S. The van der Waals surface area contributed by atoms with E-state index in [1.165, 1.54) is 26.2 Å². The molecule has 0 amide bonds. The Balaban J connectivity index is 2.09. The number of hydrogen-bond acceptors (Lipinski definition) is 4. The van der Waals surface area contributed by atoms with Crippen molar-refractivity contribution in [3.05, 3.63) is 35.5 Å². The van der Waals surface area contributed by atoms with E-state index in [1.54, 1.807) is 0 Å². The third-order valence-electron chi connectivity index (χ3n) is 4.80. The summed E-state index contributed by atoms with van der Waals surface area (Å²) in [6, 6.07) is 1.47. The van der Waals surface area contributed by atoms with Crippen LogP contribution in [0, 0.1) is 0 Å². The van der Waals surface area contributed by atoms with Crippen molar-refractivity contribution >= 4 is 15.9 Å². The molecule has 0 N–H and O–H groups in total. The Morgan fingerprint density at radius 2 is 1.83 bits per heavy atom. The molecule has 0 unspecified atom stereocenters. The molecule has 164 valence electrons. The molecule has 1 aliphatic rings. The minimum atomic E-state index is -6.10. The van der Waals surface area contributed by atoms with E-state index in [4.69, 9.17) is 0 Å². The Labute approximate surface area is 168 Å². The number of nitrogens with zero attached hydrogens (tertiary/aromatic N) is 3. The molecule has 2 heterocycles. The van der Waals surface area contributed by atoms with E-state index in [1.807, 2.05) is 0 Å². The molecule has 3 rings (SSSR count). The van der Waals surface area contributed by atoms with E-state index in [9.17, 15) is 34.8 Å². The lowest BCUT2D eigenvalue weighted by Gasteiger charge is -2.17. The van der Waals surface area contributed by atoms with Gasteiger partial charge in [-0.05, 0) is 30.4 Å². The maximum atomic E-state index is 13.7. The van der Waals surface area contributed by atoms with Gasteiger partial charge in [-0.2, -0.15) is 22.0 Å². The highest BCUT2D eigenvalue weighted by molar-refractivity contribution is 7.91. The Hall–Kier alpha value is -2.37.